The Labute approximate surface area is 186 Å². The third-order valence-electron chi connectivity index (χ3n) is 6.83. The molecule has 0 amide bonds. The van der Waals surface area contributed by atoms with E-state index in [0.717, 1.165) is 49.5 Å². The molecule has 3 aliphatic rings. The average molecular weight is 426 g/mol. The van der Waals surface area contributed by atoms with Crippen LogP contribution in [0.3, 0.4) is 0 Å². The van der Waals surface area contributed by atoms with Gasteiger partial charge in [0.25, 0.3) is 0 Å². The first kappa shape index (κ1) is 21.8. The average Bonchev–Trinajstić information content (AvgIpc) is 2.82. The van der Waals surface area contributed by atoms with Crippen LogP contribution in [0.25, 0.3) is 5.70 Å². The van der Waals surface area contributed by atoms with Crippen LogP contribution in [0.4, 0.5) is 0 Å². The van der Waals surface area contributed by atoms with Crippen molar-refractivity contribution in [1.29, 1.82) is 5.26 Å². The van der Waals surface area contributed by atoms with E-state index in [1.54, 1.807) is 7.11 Å². The normalized spacial score (nSPS) is 24.8. The van der Waals surface area contributed by atoms with E-state index in [1.807, 2.05) is 13.0 Å². The highest BCUT2D eigenvalue weighted by Gasteiger charge is 2.36. The molecule has 0 bridgehead atoms. The number of nitrogens with zero attached hydrogens (tertiary/aromatic N) is 2. The molecule has 1 saturated carbocycles. The topological polar surface area (TPSA) is 66.8 Å². The standard InChI is InChI=1S/C25H35N3O3/c1-3-30-23-15-19-18-9-5-6-10-21(18)27-25(20(19)16-22(23)29-2)24(17-26)31-14-13-28-11-7-4-8-12-28/h15-16,18,21,27H,3-14H2,1-2H3. The van der Waals surface area contributed by atoms with E-state index in [0.29, 0.717) is 36.7 Å². The summed E-state index contributed by atoms with van der Waals surface area (Å²) in [6.45, 7) is 6.23. The molecule has 2 heterocycles. The largest absolute Gasteiger partial charge is 0.493 e. The zero-order valence-electron chi connectivity index (χ0n) is 18.9. The fourth-order valence-corrected chi connectivity index (χ4v) is 5.27. The van der Waals surface area contributed by atoms with Crippen molar-refractivity contribution in [3.8, 4) is 17.6 Å². The van der Waals surface area contributed by atoms with Gasteiger partial charge in [-0.2, -0.15) is 5.26 Å². The Kier molecular flexibility index (Phi) is 7.24. The van der Waals surface area contributed by atoms with Crippen LogP contribution in [0.5, 0.6) is 11.5 Å². The van der Waals surface area contributed by atoms with Crippen molar-refractivity contribution < 1.29 is 14.2 Å². The van der Waals surface area contributed by atoms with E-state index in [2.05, 4.69) is 22.4 Å². The number of ether oxygens (including phenoxy) is 3. The van der Waals surface area contributed by atoms with E-state index in [1.165, 1.54) is 37.7 Å². The Balaban J connectivity index is 1.65. The molecule has 2 unspecified atom stereocenters. The smallest absolute Gasteiger partial charge is 0.221 e. The van der Waals surface area contributed by atoms with Crippen LogP contribution in [-0.2, 0) is 4.74 Å². The van der Waals surface area contributed by atoms with Crippen molar-refractivity contribution in [3.63, 3.8) is 0 Å². The zero-order chi connectivity index (χ0) is 21.6. The molecule has 1 N–H and O–H groups in total. The first-order chi connectivity index (χ1) is 15.2. The number of nitriles is 1. The van der Waals surface area contributed by atoms with Gasteiger partial charge in [-0.1, -0.05) is 19.3 Å². The summed E-state index contributed by atoms with van der Waals surface area (Å²) >= 11 is 0. The molecule has 0 spiro atoms. The van der Waals surface area contributed by atoms with Crippen molar-refractivity contribution in [3.05, 3.63) is 29.0 Å². The lowest BCUT2D eigenvalue weighted by molar-refractivity contribution is 0.149. The van der Waals surface area contributed by atoms with Crippen LogP contribution in [-0.4, -0.2) is 50.9 Å². The van der Waals surface area contributed by atoms with Crippen LogP contribution >= 0.6 is 0 Å². The third kappa shape index (κ3) is 4.77. The molecule has 31 heavy (non-hydrogen) atoms. The Bertz CT molecular complexity index is 839. The van der Waals surface area contributed by atoms with Gasteiger partial charge in [-0.3, -0.25) is 4.90 Å². The van der Waals surface area contributed by atoms with Gasteiger partial charge >= 0.3 is 0 Å². The van der Waals surface area contributed by atoms with Crippen molar-refractivity contribution in [2.24, 2.45) is 0 Å². The molecule has 2 fully saturated rings. The number of piperidine rings is 1. The second-order valence-corrected chi connectivity index (χ2v) is 8.73. The van der Waals surface area contributed by atoms with Crippen molar-refractivity contribution in [2.45, 2.75) is 63.8 Å². The Morgan fingerprint density at radius 3 is 2.68 bits per heavy atom. The number of nitrogens with one attached hydrogen (secondary N) is 1. The van der Waals surface area contributed by atoms with Gasteiger partial charge in [0, 0.05) is 24.1 Å². The SMILES string of the molecule is CCOc1cc2c(cc1OC)C(=C(C#N)OCCN1CCCCC1)NC1CCCCC21. The van der Waals surface area contributed by atoms with Crippen LogP contribution < -0.4 is 14.8 Å². The number of rotatable bonds is 7. The van der Waals surface area contributed by atoms with E-state index in [9.17, 15) is 5.26 Å². The maximum Gasteiger partial charge on any atom is 0.221 e. The number of methoxy groups -OCH3 is 1. The maximum atomic E-state index is 9.96. The number of likely N-dealkylation sites (tertiary alicyclic amines) is 1. The fraction of sp³-hybridized carbons (Fsp3) is 0.640. The van der Waals surface area contributed by atoms with Crippen LogP contribution in [0.2, 0.25) is 0 Å². The number of benzene rings is 1. The highest BCUT2D eigenvalue weighted by atomic mass is 16.5. The third-order valence-corrected chi connectivity index (χ3v) is 6.83. The van der Waals surface area contributed by atoms with Gasteiger partial charge in [-0.15, -0.1) is 0 Å². The van der Waals surface area contributed by atoms with Gasteiger partial charge in [0.1, 0.15) is 12.7 Å². The summed E-state index contributed by atoms with van der Waals surface area (Å²) < 4.78 is 17.5. The minimum atomic E-state index is 0.327. The molecule has 0 radical (unpaired) electrons. The molecule has 4 rings (SSSR count). The molecule has 1 aromatic carbocycles. The number of allylic oxidation sites excluding steroid dienone is 1. The minimum absolute atomic E-state index is 0.327. The lowest BCUT2D eigenvalue weighted by atomic mass is 9.75. The summed E-state index contributed by atoms with van der Waals surface area (Å²) in [6, 6.07) is 6.80. The maximum absolute atomic E-state index is 9.96. The monoisotopic (exact) mass is 425 g/mol. The van der Waals surface area contributed by atoms with Gasteiger partial charge < -0.3 is 19.5 Å². The van der Waals surface area contributed by atoms with Gasteiger partial charge in [-0.25, -0.2) is 0 Å². The molecular weight excluding hydrogens is 390 g/mol. The molecule has 1 saturated heterocycles. The van der Waals surface area contributed by atoms with Gasteiger partial charge in [0.2, 0.25) is 5.76 Å². The van der Waals surface area contributed by atoms with E-state index < -0.39 is 0 Å². The molecule has 6 nitrogen and oxygen atoms in total. The molecule has 0 aromatic heterocycles. The summed E-state index contributed by atoms with van der Waals surface area (Å²) in [6.07, 6.45) is 8.53. The molecule has 1 aromatic rings. The summed E-state index contributed by atoms with van der Waals surface area (Å²) in [5.74, 6) is 2.28. The number of hydrogen-bond acceptors (Lipinski definition) is 6. The van der Waals surface area contributed by atoms with Crippen LogP contribution in [0, 0.1) is 11.3 Å². The van der Waals surface area contributed by atoms with Crippen molar-refractivity contribution in [1.82, 2.24) is 10.2 Å². The predicted molar refractivity (Wildman–Crippen MR) is 121 cm³/mol. The van der Waals surface area contributed by atoms with Crippen molar-refractivity contribution >= 4 is 5.70 Å². The summed E-state index contributed by atoms with van der Waals surface area (Å²) in [5, 5.41) is 13.6. The second-order valence-electron chi connectivity index (χ2n) is 8.73. The Hall–Kier alpha value is -2.39. The second kappa shape index (κ2) is 10.3. The fourth-order valence-electron chi connectivity index (χ4n) is 5.27. The quantitative estimate of drug-likeness (QED) is 0.515. The zero-order valence-corrected chi connectivity index (χ0v) is 18.9. The first-order valence-corrected chi connectivity index (χ1v) is 11.9. The first-order valence-electron chi connectivity index (χ1n) is 11.9. The Morgan fingerprint density at radius 2 is 1.94 bits per heavy atom. The number of fused-ring (bicyclic) bond motifs is 3. The molecule has 168 valence electrons. The lowest BCUT2D eigenvalue weighted by Crippen LogP contribution is -2.41. The number of hydrogen-bond donors (Lipinski definition) is 1. The molecule has 6 heteroatoms. The lowest BCUT2D eigenvalue weighted by Gasteiger charge is -2.40. The van der Waals surface area contributed by atoms with E-state index in [4.69, 9.17) is 14.2 Å². The van der Waals surface area contributed by atoms with Crippen LogP contribution in [0.1, 0.15) is 68.9 Å². The van der Waals surface area contributed by atoms with Gasteiger partial charge in [0.05, 0.1) is 19.4 Å². The van der Waals surface area contributed by atoms with E-state index in [-0.39, 0.29) is 0 Å². The predicted octanol–water partition coefficient (Wildman–Crippen LogP) is 4.42. The van der Waals surface area contributed by atoms with Crippen LogP contribution in [0.15, 0.2) is 17.9 Å². The molecule has 2 aliphatic heterocycles. The highest BCUT2D eigenvalue weighted by Crippen LogP contribution is 2.45. The van der Waals surface area contributed by atoms with Crippen molar-refractivity contribution in [2.75, 3.05) is 40.0 Å². The highest BCUT2D eigenvalue weighted by molar-refractivity contribution is 5.76. The minimum Gasteiger partial charge on any atom is -0.493 e. The molecule has 2 atom stereocenters. The van der Waals surface area contributed by atoms with Gasteiger partial charge in [-0.05, 0) is 63.4 Å². The summed E-state index contributed by atoms with van der Waals surface area (Å²) in [5.41, 5.74) is 3.06. The molecule has 1 aliphatic carbocycles. The summed E-state index contributed by atoms with van der Waals surface area (Å²) in [4.78, 5) is 2.43. The van der Waals surface area contributed by atoms with E-state index >= 15 is 0 Å². The van der Waals surface area contributed by atoms with Gasteiger partial charge in [0.15, 0.2) is 11.5 Å². The summed E-state index contributed by atoms with van der Waals surface area (Å²) in [7, 11) is 1.66. The molecular formula is C25H35N3O3. The Morgan fingerprint density at radius 1 is 1.13 bits per heavy atom.